The van der Waals surface area contributed by atoms with Crippen molar-refractivity contribution in [3.8, 4) is 12.1 Å². The molecule has 0 aromatic heterocycles. The lowest BCUT2D eigenvalue weighted by Crippen LogP contribution is -2.11. The van der Waals surface area contributed by atoms with Crippen LogP contribution in [0.15, 0.2) is 23.3 Å². The number of aryl methyl sites for hydroxylation is 1. The minimum Gasteiger partial charge on any atom is -0.366 e. The van der Waals surface area contributed by atoms with Crippen LogP contribution < -0.4 is 11.2 Å². The molecular formula is C11H9N5O. The Hall–Kier alpha value is -2.86. The standard InChI is InChI=1S/C11H9N5O/c1-7-2-3-8(11(14)17)4-10(7)16-15-9(5-12)6-13/h2-4,16H,1H3,(H2,14,17). The number of carbonyl (C=O) groups excluding carboxylic acids is 1. The number of hydrogen-bond donors (Lipinski definition) is 2. The highest BCUT2D eigenvalue weighted by Crippen LogP contribution is 2.16. The number of benzene rings is 1. The Balaban J connectivity index is 3.04. The van der Waals surface area contributed by atoms with Crippen LogP contribution >= 0.6 is 0 Å². The Morgan fingerprint density at radius 1 is 1.41 bits per heavy atom. The fourth-order valence-electron chi connectivity index (χ4n) is 1.09. The summed E-state index contributed by atoms with van der Waals surface area (Å²) in [6.45, 7) is 1.79. The fraction of sp³-hybridized carbons (Fsp3) is 0.0909. The fourth-order valence-corrected chi connectivity index (χ4v) is 1.09. The van der Waals surface area contributed by atoms with Gasteiger partial charge in [-0.3, -0.25) is 10.2 Å². The van der Waals surface area contributed by atoms with Crippen LogP contribution in [0.5, 0.6) is 0 Å². The Kier molecular flexibility index (Phi) is 3.80. The monoisotopic (exact) mass is 227 g/mol. The van der Waals surface area contributed by atoms with Crippen LogP contribution in [0.3, 0.4) is 0 Å². The quantitative estimate of drug-likeness (QED) is 0.589. The van der Waals surface area contributed by atoms with Crippen LogP contribution in [0.4, 0.5) is 5.69 Å². The van der Waals surface area contributed by atoms with Crippen molar-refractivity contribution in [2.75, 3.05) is 5.43 Å². The van der Waals surface area contributed by atoms with E-state index in [1.165, 1.54) is 6.07 Å². The average Bonchev–Trinajstić information content (AvgIpc) is 2.32. The van der Waals surface area contributed by atoms with Gasteiger partial charge in [0, 0.05) is 5.56 Å². The summed E-state index contributed by atoms with van der Waals surface area (Å²) in [5.74, 6) is -0.558. The summed E-state index contributed by atoms with van der Waals surface area (Å²) >= 11 is 0. The van der Waals surface area contributed by atoms with Crippen molar-refractivity contribution in [3.05, 3.63) is 29.3 Å². The zero-order valence-corrected chi connectivity index (χ0v) is 9.06. The van der Waals surface area contributed by atoms with Crippen molar-refractivity contribution in [2.45, 2.75) is 6.92 Å². The van der Waals surface area contributed by atoms with Crippen LogP contribution in [0.25, 0.3) is 0 Å². The molecule has 0 spiro atoms. The first-order chi connectivity index (χ1) is 8.08. The summed E-state index contributed by atoms with van der Waals surface area (Å²) in [5, 5.41) is 20.6. The van der Waals surface area contributed by atoms with Gasteiger partial charge >= 0.3 is 0 Å². The first kappa shape index (κ1) is 12.2. The molecule has 0 saturated carbocycles. The first-order valence-electron chi connectivity index (χ1n) is 4.63. The van der Waals surface area contributed by atoms with Crippen LogP contribution in [0.2, 0.25) is 0 Å². The Morgan fingerprint density at radius 3 is 2.59 bits per heavy atom. The molecule has 0 bridgehead atoms. The van der Waals surface area contributed by atoms with Gasteiger partial charge in [-0.15, -0.1) is 0 Å². The first-order valence-corrected chi connectivity index (χ1v) is 4.63. The maximum absolute atomic E-state index is 11.0. The van der Waals surface area contributed by atoms with Crippen molar-refractivity contribution in [1.29, 1.82) is 10.5 Å². The SMILES string of the molecule is Cc1ccc(C(N)=O)cc1NN=C(C#N)C#N. The number of nitrogens with zero attached hydrogens (tertiary/aromatic N) is 3. The van der Waals surface area contributed by atoms with Gasteiger partial charge in [0.15, 0.2) is 0 Å². The summed E-state index contributed by atoms with van der Waals surface area (Å²) in [6.07, 6.45) is 0. The third-order valence-electron chi connectivity index (χ3n) is 2.02. The van der Waals surface area contributed by atoms with Crippen molar-refractivity contribution >= 4 is 17.3 Å². The molecule has 0 heterocycles. The number of hydrogen-bond acceptors (Lipinski definition) is 5. The summed E-state index contributed by atoms with van der Waals surface area (Å²) < 4.78 is 0. The largest absolute Gasteiger partial charge is 0.366 e. The minimum atomic E-state index is -0.558. The minimum absolute atomic E-state index is 0.297. The molecule has 3 N–H and O–H groups in total. The number of nitrogens with two attached hydrogens (primary N) is 1. The van der Waals surface area contributed by atoms with E-state index < -0.39 is 5.91 Å². The molecule has 1 amide bonds. The van der Waals surface area contributed by atoms with E-state index >= 15 is 0 Å². The third kappa shape index (κ3) is 3.05. The van der Waals surface area contributed by atoms with Crippen molar-refractivity contribution in [3.63, 3.8) is 0 Å². The van der Waals surface area contributed by atoms with Crippen molar-refractivity contribution in [2.24, 2.45) is 10.8 Å². The van der Waals surface area contributed by atoms with Crippen LogP contribution in [-0.4, -0.2) is 11.6 Å². The number of primary amides is 1. The van der Waals surface area contributed by atoms with E-state index in [1.807, 2.05) is 0 Å². The van der Waals surface area contributed by atoms with Crippen LogP contribution in [0.1, 0.15) is 15.9 Å². The Labute approximate surface area is 98.0 Å². The second kappa shape index (κ2) is 5.29. The van der Waals surface area contributed by atoms with Crippen molar-refractivity contribution < 1.29 is 4.79 Å². The molecule has 0 aliphatic rings. The molecule has 1 rings (SSSR count). The van der Waals surface area contributed by atoms with E-state index in [-0.39, 0.29) is 5.71 Å². The zero-order chi connectivity index (χ0) is 12.8. The molecule has 6 heteroatoms. The number of carbonyl (C=O) groups is 1. The Morgan fingerprint density at radius 2 is 2.06 bits per heavy atom. The highest BCUT2D eigenvalue weighted by molar-refractivity contribution is 6.10. The van der Waals surface area contributed by atoms with E-state index in [2.05, 4.69) is 10.5 Å². The number of anilines is 1. The number of amides is 1. The molecule has 0 aliphatic carbocycles. The summed E-state index contributed by atoms with van der Waals surface area (Å²) in [7, 11) is 0. The van der Waals surface area contributed by atoms with Crippen molar-refractivity contribution in [1.82, 2.24) is 0 Å². The van der Waals surface area contributed by atoms with E-state index in [9.17, 15) is 4.79 Å². The van der Waals surface area contributed by atoms with Gasteiger partial charge in [0.05, 0.1) is 5.69 Å². The van der Waals surface area contributed by atoms with Crippen LogP contribution in [-0.2, 0) is 0 Å². The molecule has 1 aromatic carbocycles. The maximum atomic E-state index is 11.0. The van der Waals surface area contributed by atoms with E-state index in [4.69, 9.17) is 16.3 Å². The highest BCUT2D eigenvalue weighted by Gasteiger charge is 2.04. The van der Waals surface area contributed by atoms with Gasteiger partial charge < -0.3 is 5.73 Å². The number of nitriles is 2. The van der Waals surface area contributed by atoms with Gasteiger partial charge in [0.2, 0.25) is 11.6 Å². The normalized spacial score (nSPS) is 8.65. The maximum Gasteiger partial charge on any atom is 0.248 e. The molecule has 17 heavy (non-hydrogen) atoms. The molecule has 0 unspecified atom stereocenters. The van der Waals surface area contributed by atoms with Gasteiger partial charge in [-0.2, -0.15) is 15.6 Å². The summed E-state index contributed by atoms with van der Waals surface area (Å²) in [6, 6.07) is 8.01. The topological polar surface area (TPSA) is 115 Å². The second-order valence-electron chi connectivity index (χ2n) is 3.19. The highest BCUT2D eigenvalue weighted by atomic mass is 16.1. The Bertz CT molecular complexity index is 546. The van der Waals surface area contributed by atoms with E-state index in [0.717, 1.165) is 5.56 Å². The summed E-state index contributed by atoms with van der Waals surface area (Å²) in [4.78, 5) is 11.0. The zero-order valence-electron chi connectivity index (χ0n) is 9.06. The molecule has 0 fully saturated rings. The summed E-state index contributed by atoms with van der Waals surface area (Å²) in [5.41, 5.74) is 9.04. The number of hydrazone groups is 1. The third-order valence-corrected chi connectivity index (χ3v) is 2.02. The lowest BCUT2D eigenvalue weighted by molar-refractivity contribution is 0.100. The second-order valence-corrected chi connectivity index (χ2v) is 3.19. The number of rotatable bonds is 3. The molecular weight excluding hydrogens is 218 g/mol. The molecule has 0 aliphatic heterocycles. The van der Waals surface area contributed by atoms with E-state index in [0.29, 0.717) is 11.3 Å². The molecule has 84 valence electrons. The lowest BCUT2D eigenvalue weighted by atomic mass is 10.1. The smallest absolute Gasteiger partial charge is 0.248 e. The van der Waals surface area contributed by atoms with Gasteiger partial charge in [-0.1, -0.05) is 6.07 Å². The van der Waals surface area contributed by atoms with Gasteiger partial charge in [-0.05, 0) is 24.6 Å². The average molecular weight is 227 g/mol. The lowest BCUT2D eigenvalue weighted by Gasteiger charge is -2.05. The van der Waals surface area contributed by atoms with Gasteiger partial charge in [-0.25, -0.2) is 0 Å². The number of nitrogens with one attached hydrogen (secondary N) is 1. The predicted molar refractivity (Wildman–Crippen MR) is 62.0 cm³/mol. The molecule has 0 radical (unpaired) electrons. The molecule has 0 atom stereocenters. The van der Waals surface area contributed by atoms with Gasteiger partial charge in [0.1, 0.15) is 12.1 Å². The predicted octanol–water partition coefficient (Wildman–Crippen LogP) is 0.909. The van der Waals surface area contributed by atoms with Gasteiger partial charge in [0.25, 0.3) is 0 Å². The van der Waals surface area contributed by atoms with E-state index in [1.54, 1.807) is 31.2 Å². The molecule has 6 nitrogen and oxygen atoms in total. The molecule has 1 aromatic rings. The molecule has 0 saturated heterocycles. The van der Waals surface area contributed by atoms with Crippen LogP contribution in [0, 0.1) is 29.6 Å².